The van der Waals surface area contributed by atoms with Gasteiger partial charge in [-0.15, -0.1) is 0 Å². The molecule has 8 nitrogen and oxygen atoms in total. The first-order valence-electron chi connectivity index (χ1n) is 11.7. The van der Waals surface area contributed by atoms with E-state index in [0.29, 0.717) is 6.42 Å². The Hall–Kier alpha value is -4.54. The summed E-state index contributed by atoms with van der Waals surface area (Å²) in [6.07, 6.45) is 0.179. The lowest BCUT2D eigenvalue weighted by Gasteiger charge is -2.17. The van der Waals surface area contributed by atoms with E-state index in [0.717, 1.165) is 17.1 Å². The number of halogens is 3. The zero-order valence-electron chi connectivity index (χ0n) is 20.0. The Balaban J connectivity index is 1.70. The molecule has 3 aromatic rings. The van der Waals surface area contributed by atoms with Crippen molar-refractivity contribution >= 4 is 23.4 Å². The molecule has 2 amide bonds. The number of benzene rings is 2. The van der Waals surface area contributed by atoms with Crippen molar-refractivity contribution in [3.63, 3.8) is 0 Å². The smallest absolute Gasteiger partial charge is 0.306 e. The number of ketones is 2. The van der Waals surface area contributed by atoms with Crippen molar-refractivity contribution in [1.29, 1.82) is 0 Å². The predicted molar refractivity (Wildman–Crippen MR) is 128 cm³/mol. The molecule has 4 rings (SSSR count). The number of carbonyl (C=O) groups is 4. The molecule has 0 aliphatic carbocycles. The van der Waals surface area contributed by atoms with Gasteiger partial charge in [0.05, 0.1) is 12.0 Å². The van der Waals surface area contributed by atoms with Crippen LogP contribution >= 0.6 is 0 Å². The zero-order valence-corrected chi connectivity index (χ0v) is 20.0. The van der Waals surface area contributed by atoms with Crippen LogP contribution in [0.15, 0.2) is 53.5 Å². The van der Waals surface area contributed by atoms with Crippen LogP contribution in [0.5, 0.6) is 0 Å². The maximum Gasteiger partial charge on any atom is 0.306 e. The van der Waals surface area contributed by atoms with Crippen LogP contribution in [0, 0.1) is 17.5 Å². The van der Waals surface area contributed by atoms with E-state index < -0.39 is 52.5 Å². The number of nitrogens with zero attached hydrogens (tertiary/aromatic N) is 1. The van der Waals surface area contributed by atoms with Gasteiger partial charge in [0.25, 0.3) is 5.56 Å². The molecule has 2 aromatic carbocycles. The molecule has 0 spiro atoms. The van der Waals surface area contributed by atoms with Crippen molar-refractivity contribution < 1.29 is 32.3 Å². The molecule has 38 heavy (non-hydrogen) atoms. The van der Waals surface area contributed by atoms with Crippen molar-refractivity contribution in [3.8, 4) is 0 Å². The minimum atomic E-state index is -1.20. The van der Waals surface area contributed by atoms with E-state index in [1.807, 2.05) is 0 Å². The molecule has 1 saturated heterocycles. The van der Waals surface area contributed by atoms with E-state index in [-0.39, 0.29) is 54.0 Å². The van der Waals surface area contributed by atoms with Crippen LogP contribution in [0.2, 0.25) is 0 Å². The maximum atomic E-state index is 14.5. The molecule has 196 valence electrons. The fraction of sp³-hybridized carbons (Fsp3) is 0.222. The third-order valence-corrected chi connectivity index (χ3v) is 6.21. The summed E-state index contributed by atoms with van der Waals surface area (Å²) in [5.74, 6) is -6.18. The Labute approximate surface area is 214 Å². The number of hydrazine groups is 1. The Kier molecular flexibility index (Phi) is 7.85. The maximum absolute atomic E-state index is 14.5. The summed E-state index contributed by atoms with van der Waals surface area (Å²) in [7, 11) is 0. The Morgan fingerprint density at radius 3 is 2.18 bits per heavy atom. The second-order valence-corrected chi connectivity index (χ2v) is 8.75. The number of aromatic nitrogens is 1. The van der Waals surface area contributed by atoms with Gasteiger partial charge in [0, 0.05) is 37.6 Å². The lowest BCUT2D eigenvalue weighted by Crippen LogP contribution is -2.46. The van der Waals surface area contributed by atoms with Crippen LogP contribution in [0.3, 0.4) is 0 Å². The number of Topliss-reactive ketones (excluding diaryl/α,β-unsaturated/α-hetero) is 2. The molecular weight excluding hydrogens is 503 g/mol. The van der Waals surface area contributed by atoms with Gasteiger partial charge in [-0.05, 0) is 41.3 Å². The predicted octanol–water partition coefficient (Wildman–Crippen LogP) is 2.77. The Morgan fingerprint density at radius 1 is 0.868 bits per heavy atom. The number of rotatable bonds is 9. The summed E-state index contributed by atoms with van der Waals surface area (Å²) in [5.41, 5.74) is 0.554. The lowest BCUT2D eigenvalue weighted by molar-refractivity contribution is -0.144. The van der Waals surface area contributed by atoms with Gasteiger partial charge in [-0.2, -0.15) is 0 Å². The number of carbonyl (C=O) groups excluding carboxylic acids is 4. The minimum absolute atomic E-state index is 0.0329. The van der Waals surface area contributed by atoms with Crippen LogP contribution in [0.4, 0.5) is 13.2 Å². The number of hydrogen-bond donors (Lipinski definition) is 2. The molecule has 0 unspecified atom stereocenters. The largest absolute Gasteiger partial charge is 0.328 e. The van der Waals surface area contributed by atoms with Crippen molar-refractivity contribution in [2.75, 3.05) is 6.54 Å². The van der Waals surface area contributed by atoms with Crippen LogP contribution in [0.25, 0.3) is 0 Å². The third kappa shape index (κ3) is 5.72. The molecule has 1 fully saturated rings. The SMILES string of the molecule is O=C(CC(=O)c1c(Cc2ccccc2F)c(Cc2c(F)cccc2F)c[nH]c1=O)C(=O)NN1CCCC1=O. The van der Waals surface area contributed by atoms with Gasteiger partial charge in [0.1, 0.15) is 17.5 Å². The van der Waals surface area contributed by atoms with Crippen LogP contribution in [-0.2, 0) is 27.2 Å². The first kappa shape index (κ1) is 26.5. The van der Waals surface area contributed by atoms with Gasteiger partial charge in [0.15, 0.2) is 5.78 Å². The average Bonchev–Trinajstić information content (AvgIpc) is 3.28. The summed E-state index contributed by atoms with van der Waals surface area (Å²) < 4.78 is 43.3. The Morgan fingerprint density at radius 2 is 1.53 bits per heavy atom. The van der Waals surface area contributed by atoms with Crippen LogP contribution < -0.4 is 11.0 Å². The molecule has 0 radical (unpaired) electrons. The van der Waals surface area contributed by atoms with E-state index in [2.05, 4.69) is 10.4 Å². The van der Waals surface area contributed by atoms with E-state index in [1.54, 1.807) is 0 Å². The highest BCUT2D eigenvalue weighted by atomic mass is 19.1. The molecule has 1 aliphatic heterocycles. The molecular formula is C27H22F3N3O5. The quantitative estimate of drug-likeness (QED) is 0.253. The van der Waals surface area contributed by atoms with Crippen molar-refractivity contribution in [3.05, 3.63) is 104 Å². The van der Waals surface area contributed by atoms with Crippen LogP contribution in [-0.4, -0.2) is 39.9 Å². The third-order valence-electron chi connectivity index (χ3n) is 6.21. The topological polar surface area (TPSA) is 116 Å². The number of H-pyrrole nitrogens is 1. The average molecular weight is 525 g/mol. The number of nitrogens with one attached hydrogen (secondary N) is 2. The van der Waals surface area contributed by atoms with Gasteiger partial charge in [-0.25, -0.2) is 13.2 Å². The number of aromatic amines is 1. The van der Waals surface area contributed by atoms with Gasteiger partial charge in [0.2, 0.25) is 11.7 Å². The summed E-state index contributed by atoms with van der Waals surface area (Å²) in [6, 6.07) is 8.86. The van der Waals surface area contributed by atoms with Crippen LogP contribution in [0.1, 0.15) is 51.9 Å². The molecule has 2 N–H and O–H groups in total. The van der Waals surface area contributed by atoms with Gasteiger partial charge in [-0.3, -0.25) is 34.4 Å². The van der Waals surface area contributed by atoms with Crippen molar-refractivity contribution in [2.45, 2.75) is 32.1 Å². The van der Waals surface area contributed by atoms with E-state index >= 15 is 0 Å². The summed E-state index contributed by atoms with van der Waals surface area (Å²) in [6.45, 7) is 0.215. The summed E-state index contributed by atoms with van der Waals surface area (Å²) in [4.78, 5) is 64.8. The first-order chi connectivity index (χ1) is 18.2. The molecule has 0 saturated carbocycles. The fourth-order valence-electron chi connectivity index (χ4n) is 4.25. The normalized spacial score (nSPS) is 13.0. The highest BCUT2D eigenvalue weighted by molar-refractivity contribution is 6.40. The minimum Gasteiger partial charge on any atom is -0.328 e. The summed E-state index contributed by atoms with van der Waals surface area (Å²) >= 11 is 0. The highest BCUT2D eigenvalue weighted by Gasteiger charge is 2.29. The fourth-order valence-corrected chi connectivity index (χ4v) is 4.25. The highest BCUT2D eigenvalue weighted by Crippen LogP contribution is 2.24. The van der Waals surface area contributed by atoms with Crippen molar-refractivity contribution in [2.24, 2.45) is 0 Å². The van der Waals surface area contributed by atoms with E-state index in [1.165, 1.54) is 36.5 Å². The summed E-state index contributed by atoms with van der Waals surface area (Å²) in [5, 5.41) is 0.977. The molecule has 1 aliphatic rings. The molecule has 0 bridgehead atoms. The molecule has 1 aromatic heterocycles. The Bertz CT molecular complexity index is 1480. The van der Waals surface area contributed by atoms with E-state index in [9.17, 15) is 37.1 Å². The molecule has 2 heterocycles. The monoisotopic (exact) mass is 525 g/mol. The molecule has 11 heteroatoms. The van der Waals surface area contributed by atoms with Gasteiger partial charge < -0.3 is 4.98 Å². The number of amides is 2. The van der Waals surface area contributed by atoms with Crippen molar-refractivity contribution in [1.82, 2.24) is 15.4 Å². The molecule has 0 atom stereocenters. The number of pyridine rings is 1. The standard InChI is InChI=1S/C27H22F3N3O5/c28-19-6-2-1-5-15(19)11-17-16(12-18-20(29)7-3-8-21(18)30)14-31-27(38)25(17)22(34)13-23(35)26(37)32-33-10-4-9-24(33)36/h1-3,5-8,14H,4,9-13H2,(H,31,38)(H,32,37). The second kappa shape index (κ2) is 11.2. The zero-order chi connectivity index (χ0) is 27.4. The van der Waals surface area contributed by atoms with Gasteiger partial charge >= 0.3 is 5.91 Å². The number of hydrogen-bond acceptors (Lipinski definition) is 5. The second-order valence-electron chi connectivity index (χ2n) is 8.75. The first-order valence-corrected chi connectivity index (χ1v) is 11.7. The van der Waals surface area contributed by atoms with E-state index in [4.69, 9.17) is 0 Å². The lowest BCUT2D eigenvalue weighted by atomic mass is 9.90. The van der Waals surface area contributed by atoms with Gasteiger partial charge in [-0.1, -0.05) is 24.3 Å².